The third-order valence-corrected chi connectivity index (χ3v) is 2.83. The Morgan fingerprint density at radius 1 is 1.46 bits per heavy atom. The van der Waals surface area contributed by atoms with E-state index < -0.39 is 0 Å². The van der Waals surface area contributed by atoms with Crippen molar-refractivity contribution in [3.8, 4) is 0 Å². The van der Waals surface area contributed by atoms with Gasteiger partial charge in [0.25, 0.3) is 0 Å². The average molecular weight is 181 g/mol. The molecule has 0 amide bonds. The van der Waals surface area contributed by atoms with Gasteiger partial charge in [0.1, 0.15) is 0 Å². The van der Waals surface area contributed by atoms with Crippen molar-refractivity contribution in [2.24, 2.45) is 5.92 Å². The third kappa shape index (κ3) is 4.47. The number of nitrogens with one attached hydrogen (secondary N) is 1. The summed E-state index contributed by atoms with van der Waals surface area (Å²) in [7, 11) is 0. The lowest BCUT2D eigenvalue weighted by Gasteiger charge is -2.16. The highest BCUT2D eigenvalue weighted by Gasteiger charge is 2.29. The summed E-state index contributed by atoms with van der Waals surface area (Å²) in [5.74, 6) is 1.00. The molecule has 1 nitrogen and oxygen atoms in total. The van der Waals surface area contributed by atoms with Gasteiger partial charge in [-0.3, -0.25) is 0 Å². The molecule has 1 heteroatoms. The highest BCUT2D eigenvalue weighted by Crippen LogP contribution is 2.34. The molecular formula is C12H23N. The molecule has 1 aliphatic carbocycles. The monoisotopic (exact) mass is 181 g/mol. The number of rotatable bonds is 8. The van der Waals surface area contributed by atoms with E-state index in [2.05, 4.69) is 18.8 Å². The maximum Gasteiger partial charge on any atom is 0.00952 e. The van der Waals surface area contributed by atoms with Gasteiger partial charge in [0.2, 0.25) is 0 Å². The molecule has 13 heavy (non-hydrogen) atoms. The Kier molecular flexibility index (Phi) is 5.14. The SMILES string of the molecule is C=CCCCCC(NCC)C1CC1. The van der Waals surface area contributed by atoms with Gasteiger partial charge < -0.3 is 5.32 Å². The summed E-state index contributed by atoms with van der Waals surface area (Å²) in [5, 5.41) is 3.60. The van der Waals surface area contributed by atoms with Crippen LogP contribution >= 0.6 is 0 Å². The largest absolute Gasteiger partial charge is 0.314 e. The first-order chi connectivity index (χ1) is 6.38. The molecule has 1 rings (SSSR count). The van der Waals surface area contributed by atoms with E-state index in [1.807, 2.05) is 6.08 Å². The van der Waals surface area contributed by atoms with Crippen LogP contribution in [0.2, 0.25) is 0 Å². The normalized spacial score (nSPS) is 18.5. The molecule has 0 aromatic rings. The van der Waals surface area contributed by atoms with Gasteiger partial charge in [-0.05, 0) is 44.6 Å². The van der Waals surface area contributed by atoms with E-state index in [1.165, 1.54) is 38.5 Å². The summed E-state index contributed by atoms with van der Waals surface area (Å²) >= 11 is 0. The van der Waals surface area contributed by atoms with Crippen molar-refractivity contribution in [1.29, 1.82) is 0 Å². The first-order valence-electron chi connectivity index (χ1n) is 5.72. The van der Waals surface area contributed by atoms with E-state index in [0.717, 1.165) is 18.5 Å². The van der Waals surface area contributed by atoms with E-state index >= 15 is 0 Å². The standard InChI is InChI=1S/C12H23N/c1-3-5-6-7-8-12(13-4-2)11-9-10-11/h3,11-13H,1,4-10H2,2H3. The second kappa shape index (κ2) is 6.20. The van der Waals surface area contributed by atoms with Crippen LogP contribution in [0.3, 0.4) is 0 Å². The van der Waals surface area contributed by atoms with Crippen LogP contribution in [0, 0.1) is 5.92 Å². The lowest BCUT2D eigenvalue weighted by molar-refractivity contribution is 0.429. The summed E-state index contributed by atoms with van der Waals surface area (Å²) < 4.78 is 0. The molecule has 0 saturated heterocycles. The molecule has 0 aromatic carbocycles. The lowest BCUT2D eigenvalue weighted by atomic mass is 10.0. The molecule has 1 N–H and O–H groups in total. The second-order valence-electron chi connectivity index (χ2n) is 4.07. The van der Waals surface area contributed by atoms with Gasteiger partial charge in [0, 0.05) is 6.04 Å². The smallest absolute Gasteiger partial charge is 0.00952 e. The molecule has 1 atom stereocenters. The van der Waals surface area contributed by atoms with Crippen molar-refractivity contribution in [3.05, 3.63) is 12.7 Å². The minimum atomic E-state index is 0.815. The highest BCUT2D eigenvalue weighted by atomic mass is 14.9. The van der Waals surface area contributed by atoms with Gasteiger partial charge in [0.05, 0.1) is 0 Å². The van der Waals surface area contributed by atoms with Crippen LogP contribution < -0.4 is 5.32 Å². The topological polar surface area (TPSA) is 12.0 Å². The molecule has 0 aliphatic heterocycles. The third-order valence-electron chi connectivity index (χ3n) is 2.83. The van der Waals surface area contributed by atoms with Crippen LogP contribution in [0.25, 0.3) is 0 Å². The predicted molar refractivity (Wildman–Crippen MR) is 58.9 cm³/mol. The second-order valence-corrected chi connectivity index (χ2v) is 4.07. The van der Waals surface area contributed by atoms with E-state index in [-0.39, 0.29) is 0 Å². The van der Waals surface area contributed by atoms with Gasteiger partial charge in [-0.15, -0.1) is 6.58 Å². The maximum atomic E-state index is 3.75. The van der Waals surface area contributed by atoms with Crippen molar-refractivity contribution >= 4 is 0 Å². The molecule has 1 unspecified atom stereocenters. The van der Waals surface area contributed by atoms with E-state index in [9.17, 15) is 0 Å². The van der Waals surface area contributed by atoms with Crippen LogP contribution in [-0.4, -0.2) is 12.6 Å². The molecule has 0 bridgehead atoms. The molecule has 1 fully saturated rings. The fourth-order valence-corrected chi connectivity index (χ4v) is 1.92. The summed E-state index contributed by atoms with van der Waals surface area (Å²) in [4.78, 5) is 0. The van der Waals surface area contributed by atoms with E-state index in [1.54, 1.807) is 0 Å². The highest BCUT2D eigenvalue weighted by molar-refractivity contribution is 4.86. The summed E-state index contributed by atoms with van der Waals surface area (Å²) in [6.07, 6.45) is 10.2. The van der Waals surface area contributed by atoms with Crippen molar-refractivity contribution in [1.82, 2.24) is 5.32 Å². The summed E-state index contributed by atoms with van der Waals surface area (Å²) in [6.45, 7) is 7.08. The lowest BCUT2D eigenvalue weighted by Crippen LogP contribution is -2.30. The molecule has 0 aromatic heterocycles. The summed E-state index contributed by atoms with van der Waals surface area (Å²) in [5.41, 5.74) is 0. The average Bonchev–Trinajstić information content (AvgIpc) is 2.93. The first kappa shape index (κ1) is 10.8. The van der Waals surface area contributed by atoms with E-state index in [4.69, 9.17) is 0 Å². The molecule has 1 saturated carbocycles. The van der Waals surface area contributed by atoms with Gasteiger partial charge in [-0.1, -0.05) is 19.4 Å². The van der Waals surface area contributed by atoms with Crippen molar-refractivity contribution in [3.63, 3.8) is 0 Å². The molecule has 76 valence electrons. The van der Waals surface area contributed by atoms with Crippen LogP contribution in [0.4, 0.5) is 0 Å². The molecule has 0 radical (unpaired) electrons. The minimum Gasteiger partial charge on any atom is -0.314 e. The van der Waals surface area contributed by atoms with Gasteiger partial charge >= 0.3 is 0 Å². The van der Waals surface area contributed by atoms with Crippen LogP contribution in [0.1, 0.15) is 45.4 Å². The fourth-order valence-electron chi connectivity index (χ4n) is 1.92. The maximum absolute atomic E-state index is 3.75. The minimum absolute atomic E-state index is 0.815. The van der Waals surface area contributed by atoms with Gasteiger partial charge in [-0.25, -0.2) is 0 Å². The van der Waals surface area contributed by atoms with Crippen molar-refractivity contribution in [2.75, 3.05) is 6.54 Å². The Labute approximate surface area is 82.6 Å². The van der Waals surface area contributed by atoms with Gasteiger partial charge in [0.15, 0.2) is 0 Å². The fraction of sp³-hybridized carbons (Fsp3) is 0.833. The Balaban J connectivity index is 2.03. The first-order valence-corrected chi connectivity index (χ1v) is 5.72. The van der Waals surface area contributed by atoms with E-state index in [0.29, 0.717) is 0 Å². The Bertz CT molecular complexity index is 138. The van der Waals surface area contributed by atoms with Crippen molar-refractivity contribution in [2.45, 2.75) is 51.5 Å². The zero-order valence-electron chi connectivity index (χ0n) is 8.89. The van der Waals surface area contributed by atoms with Crippen LogP contribution in [0.5, 0.6) is 0 Å². The number of hydrogen-bond acceptors (Lipinski definition) is 1. The zero-order chi connectivity index (χ0) is 9.52. The molecule has 1 aliphatic rings. The predicted octanol–water partition coefficient (Wildman–Crippen LogP) is 3.12. The van der Waals surface area contributed by atoms with Crippen LogP contribution in [-0.2, 0) is 0 Å². The quantitative estimate of drug-likeness (QED) is 0.448. The number of allylic oxidation sites excluding steroid dienone is 1. The Hall–Kier alpha value is -0.300. The molecule has 0 spiro atoms. The Morgan fingerprint density at radius 2 is 2.23 bits per heavy atom. The summed E-state index contributed by atoms with van der Waals surface area (Å²) in [6, 6.07) is 0.815. The number of unbranched alkanes of at least 4 members (excludes halogenated alkanes) is 2. The van der Waals surface area contributed by atoms with Crippen LogP contribution in [0.15, 0.2) is 12.7 Å². The van der Waals surface area contributed by atoms with Gasteiger partial charge in [-0.2, -0.15) is 0 Å². The zero-order valence-corrected chi connectivity index (χ0v) is 8.89. The van der Waals surface area contributed by atoms with Crippen molar-refractivity contribution < 1.29 is 0 Å². The molecular weight excluding hydrogens is 158 g/mol. The Morgan fingerprint density at radius 3 is 2.77 bits per heavy atom. The number of hydrogen-bond donors (Lipinski definition) is 1. The molecule has 0 heterocycles.